The number of hydrogen-bond acceptors (Lipinski definition) is 2. The van der Waals surface area contributed by atoms with E-state index in [2.05, 4.69) is 18.0 Å². The lowest BCUT2D eigenvalue weighted by Crippen LogP contribution is -2.33. The van der Waals surface area contributed by atoms with Crippen LogP contribution in [-0.4, -0.2) is 24.9 Å². The van der Waals surface area contributed by atoms with Gasteiger partial charge < -0.3 is 10.2 Å². The molecule has 0 aromatic heterocycles. The van der Waals surface area contributed by atoms with Gasteiger partial charge in [-0.3, -0.25) is 9.59 Å². The van der Waals surface area contributed by atoms with Crippen LogP contribution in [0.15, 0.2) is 30.9 Å². The van der Waals surface area contributed by atoms with E-state index in [9.17, 15) is 9.59 Å². The van der Waals surface area contributed by atoms with Gasteiger partial charge >= 0.3 is 0 Å². The SMILES string of the molecule is C=CCNC(=O)C1CC(=O)N(c2cc(C)cc(C)c2)C1. The van der Waals surface area contributed by atoms with Crippen LogP contribution in [0.25, 0.3) is 0 Å². The Morgan fingerprint density at radius 2 is 2.05 bits per heavy atom. The van der Waals surface area contributed by atoms with Crippen LogP contribution in [0, 0.1) is 19.8 Å². The predicted octanol–water partition coefficient (Wildman–Crippen LogP) is 1.96. The molecule has 1 aromatic rings. The predicted molar refractivity (Wildman–Crippen MR) is 79.6 cm³/mol. The van der Waals surface area contributed by atoms with Gasteiger partial charge in [0.1, 0.15) is 0 Å². The number of rotatable bonds is 4. The minimum absolute atomic E-state index is 0.00810. The molecule has 1 fully saturated rings. The number of nitrogens with zero attached hydrogens (tertiary/aromatic N) is 1. The van der Waals surface area contributed by atoms with Gasteiger partial charge in [-0.05, 0) is 37.1 Å². The summed E-state index contributed by atoms with van der Waals surface area (Å²) in [5.74, 6) is -0.345. The normalized spacial score (nSPS) is 18.2. The Morgan fingerprint density at radius 3 is 2.65 bits per heavy atom. The van der Waals surface area contributed by atoms with E-state index in [-0.39, 0.29) is 24.2 Å². The number of anilines is 1. The highest BCUT2D eigenvalue weighted by Crippen LogP contribution is 2.26. The molecule has 0 spiro atoms. The second-order valence-electron chi connectivity index (χ2n) is 5.29. The van der Waals surface area contributed by atoms with E-state index in [0.29, 0.717) is 13.1 Å². The van der Waals surface area contributed by atoms with Crippen LogP contribution in [0.3, 0.4) is 0 Å². The fraction of sp³-hybridized carbons (Fsp3) is 0.375. The standard InChI is InChI=1S/C16H20N2O2/c1-4-5-17-16(20)13-9-15(19)18(10-13)14-7-11(2)6-12(3)8-14/h4,6-8,13H,1,5,9-10H2,2-3H3,(H,17,20). The lowest BCUT2D eigenvalue weighted by molar-refractivity contribution is -0.126. The summed E-state index contributed by atoms with van der Waals surface area (Å²) < 4.78 is 0. The van der Waals surface area contributed by atoms with Crippen molar-refractivity contribution in [2.75, 3.05) is 18.0 Å². The lowest BCUT2D eigenvalue weighted by atomic mass is 10.1. The number of aryl methyl sites for hydroxylation is 2. The molecule has 1 aliphatic heterocycles. The quantitative estimate of drug-likeness (QED) is 0.852. The average Bonchev–Trinajstić information content (AvgIpc) is 2.77. The van der Waals surface area contributed by atoms with Crippen LogP contribution in [0.4, 0.5) is 5.69 Å². The third kappa shape index (κ3) is 3.07. The zero-order chi connectivity index (χ0) is 14.7. The number of hydrogen-bond donors (Lipinski definition) is 1. The molecule has 4 heteroatoms. The van der Waals surface area contributed by atoms with E-state index in [4.69, 9.17) is 0 Å². The monoisotopic (exact) mass is 272 g/mol. The molecule has 2 amide bonds. The molecule has 0 bridgehead atoms. The zero-order valence-electron chi connectivity index (χ0n) is 12.0. The van der Waals surface area contributed by atoms with Gasteiger partial charge in [0.25, 0.3) is 0 Å². The first kappa shape index (κ1) is 14.3. The fourth-order valence-electron chi connectivity index (χ4n) is 2.56. The van der Waals surface area contributed by atoms with Crippen molar-refractivity contribution < 1.29 is 9.59 Å². The molecule has 0 saturated carbocycles. The highest BCUT2D eigenvalue weighted by Gasteiger charge is 2.34. The van der Waals surface area contributed by atoms with E-state index in [1.54, 1.807) is 11.0 Å². The molecule has 1 aromatic carbocycles. The first-order chi connectivity index (χ1) is 9.51. The summed E-state index contributed by atoms with van der Waals surface area (Å²) >= 11 is 0. The first-order valence-electron chi connectivity index (χ1n) is 6.78. The van der Waals surface area contributed by atoms with Crippen molar-refractivity contribution in [1.82, 2.24) is 5.32 Å². The maximum absolute atomic E-state index is 12.1. The van der Waals surface area contributed by atoms with Gasteiger partial charge in [0, 0.05) is 25.2 Å². The van der Waals surface area contributed by atoms with Gasteiger partial charge in [0.15, 0.2) is 0 Å². The second-order valence-corrected chi connectivity index (χ2v) is 5.29. The molecule has 0 aliphatic carbocycles. The number of nitrogens with one attached hydrogen (secondary N) is 1. The van der Waals surface area contributed by atoms with Crippen molar-refractivity contribution in [3.63, 3.8) is 0 Å². The van der Waals surface area contributed by atoms with Crippen LogP contribution < -0.4 is 10.2 Å². The summed E-state index contributed by atoms with van der Waals surface area (Å²) in [4.78, 5) is 25.7. The Hall–Kier alpha value is -2.10. The fourth-order valence-corrected chi connectivity index (χ4v) is 2.56. The lowest BCUT2D eigenvalue weighted by Gasteiger charge is -2.18. The van der Waals surface area contributed by atoms with Crippen molar-refractivity contribution in [2.24, 2.45) is 5.92 Å². The van der Waals surface area contributed by atoms with E-state index in [1.165, 1.54) is 0 Å². The number of carbonyl (C=O) groups excluding carboxylic acids is 2. The van der Waals surface area contributed by atoms with Gasteiger partial charge in [0.2, 0.25) is 11.8 Å². The van der Waals surface area contributed by atoms with Gasteiger partial charge in [-0.25, -0.2) is 0 Å². The van der Waals surface area contributed by atoms with Crippen molar-refractivity contribution in [3.05, 3.63) is 42.0 Å². The molecule has 1 saturated heterocycles. The van der Waals surface area contributed by atoms with Crippen LogP contribution in [0.5, 0.6) is 0 Å². The molecule has 0 radical (unpaired) electrons. The number of amides is 2. The summed E-state index contributed by atoms with van der Waals surface area (Å²) in [5.41, 5.74) is 3.12. The highest BCUT2D eigenvalue weighted by molar-refractivity contribution is 6.00. The molecular weight excluding hydrogens is 252 g/mol. The highest BCUT2D eigenvalue weighted by atomic mass is 16.2. The van der Waals surface area contributed by atoms with Crippen molar-refractivity contribution in [3.8, 4) is 0 Å². The molecule has 1 atom stereocenters. The number of benzene rings is 1. The van der Waals surface area contributed by atoms with E-state index in [1.807, 2.05) is 26.0 Å². The van der Waals surface area contributed by atoms with E-state index >= 15 is 0 Å². The van der Waals surface area contributed by atoms with Gasteiger partial charge in [-0.15, -0.1) is 6.58 Å². The summed E-state index contributed by atoms with van der Waals surface area (Å²) in [7, 11) is 0. The van der Waals surface area contributed by atoms with Gasteiger partial charge in [0.05, 0.1) is 5.92 Å². The summed E-state index contributed by atoms with van der Waals surface area (Å²) in [5, 5.41) is 2.75. The minimum atomic E-state index is -0.275. The molecule has 1 unspecified atom stereocenters. The van der Waals surface area contributed by atoms with Gasteiger partial charge in [-0.1, -0.05) is 12.1 Å². The Labute approximate surface area is 119 Å². The average molecular weight is 272 g/mol. The molecule has 4 nitrogen and oxygen atoms in total. The zero-order valence-corrected chi connectivity index (χ0v) is 12.0. The number of carbonyl (C=O) groups is 2. The van der Waals surface area contributed by atoms with Crippen molar-refractivity contribution >= 4 is 17.5 Å². The maximum Gasteiger partial charge on any atom is 0.227 e. The Kier molecular flexibility index (Phi) is 4.23. The molecule has 1 N–H and O–H groups in total. The third-order valence-electron chi connectivity index (χ3n) is 3.43. The van der Waals surface area contributed by atoms with E-state index in [0.717, 1.165) is 16.8 Å². The minimum Gasteiger partial charge on any atom is -0.352 e. The van der Waals surface area contributed by atoms with Crippen molar-refractivity contribution in [1.29, 1.82) is 0 Å². The molecule has 1 heterocycles. The Bertz CT molecular complexity index is 531. The molecule has 106 valence electrons. The van der Waals surface area contributed by atoms with Crippen LogP contribution >= 0.6 is 0 Å². The van der Waals surface area contributed by atoms with Crippen molar-refractivity contribution in [2.45, 2.75) is 20.3 Å². The van der Waals surface area contributed by atoms with Crippen LogP contribution in [-0.2, 0) is 9.59 Å². The van der Waals surface area contributed by atoms with Crippen LogP contribution in [0.1, 0.15) is 17.5 Å². The Morgan fingerprint density at radius 1 is 1.40 bits per heavy atom. The van der Waals surface area contributed by atoms with Crippen LogP contribution in [0.2, 0.25) is 0 Å². The largest absolute Gasteiger partial charge is 0.352 e. The topological polar surface area (TPSA) is 49.4 Å². The first-order valence-corrected chi connectivity index (χ1v) is 6.78. The molecule has 2 rings (SSSR count). The second kappa shape index (κ2) is 5.90. The van der Waals surface area contributed by atoms with E-state index < -0.39 is 0 Å². The summed E-state index contributed by atoms with van der Waals surface area (Å²) in [6.07, 6.45) is 1.91. The summed E-state index contributed by atoms with van der Waals surface area (Å²) in [6.45, 7) is 8.46. The maximum atomic E-state index is 12.1. The molecular formula is C16H20N2O2. The summed E-state index contributed by atoms with van der Waals surface area (Å²) in [6, 6.07) is 6.03. The third-order valence-corrected chi connectivity index (χ3v) is 3.43. The smallest absolute Gasteiger partial charge is 0.227 e. The molecule has 1 aliphatic rings. The molecule has 20 heavy (non-hydrogen) atoms. The Balaban J connectivity index is 2.12. The van der Waals surface area contributed by atoms with Gasteiger partial charge in [-0.2, -0.15) is 0 Å².